The number of aromatic amines is 1. The second kappa shape index (κ2) is 5.58. The Hall–Kier alpha value is -1.95. The number of para-hydroxylation sites is 1. The lowest BCUT2D eigenvalue weighted by Crippen LogP contribution is -2.36. The molecular weight excluding hydrogens is 259 g/mol. The molecule has 2 N–H and O–H groups in total. The van der Waals surface area contributed by atoms with Gasteiger partial charge in [0.15, 0.2) is 5.82 Å². The first kappa shape index (κ1) is 13.1. The van der Waals surface area contributed by atoms with E-state index in [9.17, 15) is 9.18 Å². The number of H-pyrrole nitrogens is 1. The molecule has 0 saturated carbocycles. The van der Waals surface area contributed by atoms with Gasteiger partial charge in [-0.25, -0.2) is 4.39 Å². The molecule has 1 fully saturated rings. The lowest BCUT2D eigenvalue weighted by molar-refractivity contribution is -0.117. The Morgan fingerprint density at radius 1 is 1.35 bits per heavy atom. The van der Waals surface area contributed by atoms with Crippen LogP contribution in [0.15, 0.2) is 18.2 Å². The number of likely N-dealkylation sites (tertiary alicyclic amines) is 1. The first-order valence-electron chi connectivity index (χ1n) is 6.89. The molecule has 1 aromatic carbocycles. The molecule has 0 atom stereocenters. The van der Waals surface area contributed by atoms with Crippen molar-refractivity contribution in [2.24, 2.45) is 0 Å². The van der Waals surface area contributed by atoms with Crippen molar-refractivity contribution >= 4 is 22.6 Å². The number of hydrogen-bond donors (Lipinski definition) is 2. The Labute approximate surface area is 116 Å². The summed E-state index contributed by atoms with van der Waals surface area (Å²) in [5.41, 5.74) is 0.320. The zero-order valence-electron chi connectivity index (χ0n) is 11.2. The number of halogens is 1. The molecule has 106 valence electrons. The lowest BCUT2D eigenvalue weighted by Gasteiger charge is -2.25. The molecule has 1 saturated heterocycles. The third kappa shape index (κ3) is 2.65. The normalized spacial score (nSPS) is 16.4. The Bertz CT molecular complexity index is 619. The topological polar surface area (TPSA) is 61.0 Å². The van der Waals surface area contributed by atoms with Crippen LogP contribution < -0.4 is 5.32 Å². The van der Waals surface area contributed by atoms with Crippen molar-refractivity contribution in [2.45, 2.75) is 19.3 Å². The number of carbonyl (C=O) groups is 1. The molecule has 0 aliphatic carbocycles. The van der Waals surface area contributed by atoms with Crippen molar-refractivity contribution in [3.05, 3.63) is 24.0 Å². The van der Waals surface area contributed by atoms with Crippen LogP contribution in [0.1, 0.15) is 19.3 Å². The molecule has 1 aliphatic rings. The summed E-state index contributed by atoms with van der Waals surface area (Å²) in [5, 5.41) is 9.93. The lowest BCUT2D eigenvalue weighted by atomic mass is 10.1. The molecule has 2 heterocycles. The van der Waals surface area contributed by atoms with E-state index in [0.29, 0.717) is 23.3 Å². The first-order valence-corrected chi connectivity index (χ1v) is 6.89. The fourth-order valence-corrected chi connectivity index (χ4v) is 2.59. The summed E-state index contributed by atoms with van der Waals surface area (Å²) in [6.07, 6.45) is 3.52. The number of nitrogens with zero attached hydrogens (tertiary/aromatic N) is 2. The molecule has 0 spiro atoms. The van der Waals surface area contributed by atoms with Gasteiger partial charge in [-0.1, -0.05) is 12.5 Å². The van der Waals surface area contributed by atoms with Crippen molar-refractivity contribution < 1.29 is 9.18 Å². The van der Waals surface area contributed by atoms with Crippen molar-refractivity contribution in [1.29, 1.82) is 0 Å². The van der Waals surface area contributed by atoms with Crippen molar-refractivity contribution in [3.63, 3.8) is 0 Å². The van der Waals surface area contributed by atoms with Crippen LogP contribution in [0.2, 0.25) is 0 Å². The van der Waals surface area contributed by atoms with Crippen LogP contribution in [-0.2, 0) is 4.79 Å². The monoisotopic (exact) mass is 276 g/mol. The van der Waals surface area contributed by atoms with Crippen molar-refractivity contribution in [1.82, 2.24) is 15.1 Å². The van der Waals surface area contributed by atoms with Crippen LogP contribution in [0.5, 0.6) is 0 Å². The number of piperidine rings is 1. The van der Waals surface area contributed by atoms with E-state index in [-0.39, 0.29) is 11.7 Å². The molecule has 5 nitrogen and oxygen atoms in total. The first-order chi connectivity index (χ1) is 9.74. The summed E-state index contributed by atoms with van der Waals surface area (Å²) in [7, 11) is 0. The minimum Gasteiger partial charge on any atom is -0.308 e. The Balaban J connectivity index is 1.69. The van der Waals surface area contributed by atoms with Crippen LogP contribution in [0.25, 0.3) is 10.9 Å². The van der Waals surface area contributed by atoms with E-state index >= 15 is 0 Å². The highest BCUT2D eigenvalue weighted by atomic mass is 19.1. The number of benzene rings is 1. The van der Waals surface area contributed by atoms with E-state index in [4.69, 9.17) is 0 Å². The van der Waals surface area contributed by atoms with Gasteiger partial charge in [0, 0.05) is 5.39 Å². The second-order valence-corrected chi connectivity index (χ2v) is 5.12. The maximum Gasteiger partial charge on any atom is 0.239 e. The second-order valence-electron chi connectivity index (χ2n) is 5.12. The Morgan fingerprint density at radius 2 is 2.15 bits per heavy atom. The highest BCUT2D eigenvalue weighted by Gasteiger charge is 2.16. The van der Waals surface area contributed by atoms with Crippen LogP contribution in [-0.4, -0.2) is 40.6 Å². The molecule has 0 radical (unpaired) electrons. The van der Waals surface area contributed by atoms with E-state index in [0.717, 1.165) is 25.9 Å². The quantitative estimate of drug-likeness (QED) is 0.902. The van der Waals surface area contributed by atoms with Gasteiger partial charge in [-0.3, -0.25) is 14.8 Å². The zero-order valence-corrected chi connectivity index (χ0v) is 11.2. The van der Waals surface area contributed by atoms with Crippen LogP contribution >= 0.6 is 0 Å². The summed E-state index contributed by atoms with van der Waals surface area (Å²) in [6, 6.07) is 4.70. The number of anilines is 1. The van der Waals surface area contributed by atoms with Gasteiger partial charge in [-0.05, 0) is 38.1 Å². The average Bonchev–Trinajstić information content (AvgIpc) is 2.84. The van der Waals surface area contributed by atoms with Crippen LogP contribution in [0.3, 0.4) is 0 Å². The maximum atomic E-state index is 13.5. The minimum atomic E-state index is -0.369. The van der Waals surface area contributed by atoms with Crippen molar-refractivity contribution in [3.8, 4) is 0 Å². The largest absolute Gasteiger partial charge is 0.308 e. The maximum absolute atomic E-state index is 13.5. The van der Waals surface area contributed by atoms with Gasteiger partial charge in [0.25, 0.3) is 0 Å². The predicted molar refractivity (Wildman–Crippen MR) is 75.0 cm³/mol. The molecular formula is C14H17FN4O. The fourth-order valence-electron chi connectivity index (χ4n) is 2.59. The molecule has 1 aliphatic heterocycles. The van der Waals surface area contributed by atoms with Gasteiger partial charge < -0.3 is 5.32 Å². The van der Waals surface area contributed by atoms with Gasteiger partial charge in [0.2, 0.25) is 5.91 Å². The molecule has 1 amide bonds. The van der Waals surface area contributed by atoms with Gasteiger partial charge in [0.05, 0.1) is 6.54 Å². The highest BCUT2D eigenvalue weighted by molar-refractivity contribution is 6.00. The van der Waals surface area contributed by atoms with Crippen LogP contribution in [0, 0.1) is 5.82 Å². The number of carbonyl (C=O) groups excluding carboxylic acids is 1. The number of fused-ring (bicyclic) bond motifs is 1. The third-order valence-corrected chi connectivity index (χ3v) is 3.62. The van der Waals surface area contributed by atoms with Gasteiger partial charge >= 0.3 is 0 Å². The van der Waals surface area contributed by atoms with E-state index in [2.05, 4.69) is 20.4 Å². The average molecular weight is 276 g/mol. The zero-order chi connectivity index (χ0) is 13.9. The number of nitrogens with one attached hydrogen (secondary N) is 2. The summed E-state index contributed by atoms with van der Waals surface area (Å²) in [5.74, 6) is -0.0856. The third-order valence-electron chi connectivity index (χ3n) is 3.62. The summed E-state index contributed by atoms with van der Waals surface area (Å²) in [4.78, 5) is 14.1. The highest BCUT2D eigenvalue weighted by Crippen LogP contribution is 2.22. The summed E-state index contributed by atoms with van der Waals surface area (Å²) < 4.78 is 13.5. The minimum absolute atomic E-state index is 0.107. The number of amides is 1. The molecule has 20 heavy (non-hydrogen) atoms. The van der Waals surface area contributed by atoms with E-state index in [1.165, 1.54) is 12.5 Å². The molecule has 1 aromatic heterocycles. The molecule has 0 unspecified atom stereocenters. The number of rotatable bonds is 3. The van der Waals surface area contributed by atoms with Crippen LogP contribution in [0.4, 0.5) is 10.2 Å². The summed E-state index contributed by atoms with van der Waals surface area (Å²) in [6.45, 7) is 2.29. The number of hydrogen-bond acceptors (Lipinski definition) is 3. The van der Waals surface area contributed by atoms with Crippen molar-refractivity contribution in [2.75, 3.05) is 25.0 Å². The van der Waals surface area contributed by atoms with E-state index in [1.54, 1.807) is 12.1 Å². The standard InChI is InChI=1S/C14H17FN4O/c15-11-6-4-5-10-13(11)17-18-14(10)16-12(20)9-19-7-2-1-3-8-19/h4-6H,1-3,7-9H2,(H2,16,17,18,20). The Morgan fingerprint density at radius 3 is 2.95 bits per heavy atom. The van der Waals surface area contributed by atoms with E-state index < -0.39 is 0 Å². The molecule has 0 bridgehead atoms. The van der Waals surface area contributed by atoms with Gasteiger partial charge in [0.1, 0.15) is 11.3 Å². The smallest absolute Gasteiger partial charge is 0.239 e. The van der Waals surface area contributed by atoms with E-state index in [1.807, 2.05) is 0 Å². The van der Waals surface area contributed by atoms with Gasteiger partial charge in [-0.2, -0.15) is 5.10 Å². The summed E-state index contributed by atoms with van der Waals surface area (Å²) >= 11 is 0. The van der Waals surface area contributed by atoms with Gasteiger partial charge in [-0.15, -0.1) is 0 Å². The molecule has 3 rings (SSSR count). The predicted octanol–water partition coefficient (Wildman–Crippen LogP) is 2.13. The number of aromatic nitrogens is 2. The molecule has 2 aromatic rings. The molecule has 6 heteroatoms. The fraction of sp³-hybridized carbons (Fsp3) is 0.429. The Kier molecular flexibility index (Phi) is 3.64. The SMILES string of the molecule is O=C(CN1CCCCC1)Nc1n[nH]c2c(F)cccc12.